The number of carboxylic acid groups (broad SMARTS) is 1. The summed E-state index contributed by atoms with van der Waals surface area (Å²) in [6, 6.07) is 0.127. The van der Waals surface area contributed by atoms with Crippen molar-refractivity contribution in [3.05, 3.63) is 0 Å². The van der Waals surface area contributed by atoms with Crippen LogP contribution in [0.25, 0.3) is 0 Å². The van der Waals surface area contributed by atoms with Gasteiger partial charge in [0.25, 0.3) is 0 Å². The third kappa shape index (κ3) is 6.79. The molecule has 1 rings (SSSR count). The Balaban J connectivity index is -0.000000270. The van der Waals surface area contributed by atoms with E-state index in [1.807, 2.05) is 0 Å². The van der Waals surface area contributed by atoms with Crippen molar-refractivity contribution in [1.29, 1.82) is 0 Å². The molecule has 12 heavy (non-hydrogen) atoms. The number of hydrogen-bond acceptors (Lipinski definition) is 2. The summed E-state index contributed by atoms with van der Waals surface area (Å²) in [6.07, 6.45) is -0.0181. The van der Waals surface area contributed by atoms with Crippen LogP contribution < -0.4 is 10.6 Å². The molecule has 1 heterocycles. The van der Waals surface area contributed by atoms with Gasteiger partial charge in [-0.25, -0.2) is 4.79 Å². The minimum atomic E-state index is -0.927. The lowest BCUT2D eigenvalue weighted by molar-refractivity contribution is 0.190. The minimum Gasteiger partial charge on any atom is -0.465 e. The highest BCUT2D eigenvalue weighted by molar-refractivity contribution is 5.86. The Labute approximate surface area is 89.7 Å². The SMILES string of the molecule is Cl.Cl.Cl.O=C(O)NC1CCNC1. The largest absolute Gasteiger partial charge is 0.465 e. The van der Waals surface area contributed by atoms with Crippen molar-refractivity contribution in [2.24, 2.45) is 0 Å². The first-order valence-electron chi connectivity index (χ1n) is 2.99. The van der Waals surface area contributed by atoms with Crippen molar-refractivity contribution < 1.29 is 9.90 Å². The maximum absolute atomic E-state index is 10.0. The Morgan fingerprint density at radius 3 is 2.33 bits per heavy atom. The zero-order chi connectivity index (χ0) is 6.69. The van der Waals surface area contributed by atoms with E-state index in [-0.39, 0.29) is 43.3 Å². The Bertz CT molecular complexity index is 119. The van der Waals surface area contributed by atoms with E-state index in [9.17, 15) is 4.79 Å². The van der Waals surface area contributed by atoms with Crippen molar-refractivity contribution >= 4 is 43.3 Å². The van der Waals surface area contributed by atoms with E-state index in [1.54, 1.807) is 0 Å². The van der Waals surface area contributed by atoms with Gasteiger partial charge in [0.1, 0.15) is 0 Å². The van der Waals surface area contributed by atoms with Gasteiger partial charge in [-0.1, -0.05) is 0 Å². The molecule has 1 amide bonds. The molecule has 4 nitrogen and oxygen atoms in total. The summed E-state index contributed by atoms with van der Waals surface area (Å²) < 4.78 is 0. The van der Waals surface area contributed by atoms with E-state index in [0.717, 1.165) is 19.5 Å². The van der Waals surface area contributed by atoms with Gasteiger partial charge in [0, 0.05) is 12.6 Å². The highest BCUT2D eigenvalue weighted by Gasteiger charge is 2.14. The van der Waals surface area contributed by atoms with E-state index >= 15 is 0 Å². The van der Waals surface area contributed by atoms with E-state index in [0.29, 0.717) is 0 Å². The second-order valence-electron chi connectivity index (χ2n) is 2.14. The highest BCUT2D eigenvalue weighted by atomic mass is 35.5. The lowest BCUT2D eigenvalue weighted by Gasteiger charge is -2.05. The fourth-order valence-corrected chi connectivity index (χ4v) is 0.952. The van der Waals surface area contributed by atoms with Crippen LogP contribution in [-0.2, 0) is 0 Å². The van der Waals surface area contributed by atoms with E-state index in [1.165, 1.54) is 0 Å². The molecule has 1 aliphatic heterocycles. The van der Waals surface area contributed by atoms with E-state index < -0.39 is 6.09 Å². The van der Waals surface area contributed by atoms with Gasteiger partial charge in [-0.3, -0.25) is 0 Å². The maximum atomic E-state index is 10.0. The molecule has 0 aromatic rings. The highest BCUT2D eigenvalue weighted by Crippen LogP contribution is 1.95. The van der Waals surface area contributed by atoms with Gasteiger partial charge in [0.2, 0.25) is 0 Å². The van der Waals surface area contributed by atoms with Gasteiger partial charge in [0.15, 0.2) is 0 Å². The van der Waals surface area contributed by atoms with Gasteiger partial charge in [-0.2, -0.15) is 0 Å². The van der Waals surface area contributed by atoms with Gasteiger partial charge in [-0.05, 0) is 13.0 Å². The zero-order valence-corrected chi connectivity index (χ0v) is 8.73. The quantitative estimate of drug-likeness (QED) is 0.637. The lowest BCUT2D eigenvalue weighted by Crippen LogP contribution is -2.34. The average molecular weight is 240 g/mol. The number of hydrogen-bond donors (Lipinski definition) is 3. The van der Waals surface area contributed by atoms with Crippen LogP contribution in [-0.4, -0.2) is 30.3 Å². The molecule has 0 radical (unpaired) electrons. The van der Waals surface area contributed by atoms with Crippen LogP contribution in [0.1, 0.15) is 6.42 Å². The summed E-state index contributed by atoms with van der Waals surface area (Å²) in [5.41, 5.74) is 0. The zero-order valence-electron chi connectivity index (χ0n) is 6.28. The van der Waals surface area contributed by atoms with E-state index in [2.05, 4.69) is 10.6 Å². The first-order chi connectivity index (χ1) is 4.29. The second-order valence-corrected chi connectivity index (χ2v) is 2.14. The minimum absolute atomic E-state index is 0. The molecule has 76 valence electrons. The molecule has 1 unspecified atom stereocenters. The molecule has 0 aromatic heterocycles. The van der Waals surface area contributed by atoms with Gasteiger partial charge < -0.3 is 15.7 Å². The van der Waals surface area contributed by atoms with Crippen LogP contribution in [0.15, 0.2) is 0 Å². The molecule has 0 bridgehead atoms. The van der Waals surface area contributed by atoms with Crippen LogP contribution in [0, 0.1) is 0 Å². The van der Waals surface area contributed by atoms with Gasteiger partial charge >= 0.3 is 6.09 Å². The smallest absolute Gasteiger partial charge is 0.404 e. The Kier molecular flexibility index (Phi) is 13.8. The summed E-state index contributed by atoms with van der Waals surface area (Å²) >= 11 is 0. The van der Waals surface area contributed by atoms with Gasteiger partial charge in [-0.15, -0.1) is 37.2 Å². The predicted molar refractivity (Wildman–Crippen MR) is 54.2 cm³/mol. The van der Waals surface area contributed by atoms with Crippen molar-refractivity contribution in [2.45, 2.75) is 12.5 Å². The molecule has 3 N–H and O–H groups in total. The summed E-state index contributed by atoms with van der Waals surface area (Å²) in [4.78, 5) is 10.0. The number of nitrogens with one attached hydrogen (secondary N) is 2. The summed E-state index contributed by atoms with van der Waals surface area (Å²) in [6.45, 7) is 1.69. The fraction of sp³-hybridized carbons (Fsp3) is 0.800. The molecular formula is C5H13Cl3N2O2. The third-order valence-corrected chi connectivity index (χ3v) is 1.39. The molecule has 0 aromatic carbocycles. The van der Waals surface area contributed by atoms with Crippen molar-refractivity contribution in [1.82, 2.24) is 10.6 Å². The maximum Gasteiger partial charge on any atom is 0.404 e. The van der Waals surface area contributed by atoms with Crippen LogP contribution >= 0.6 is 37.2 Å². The van der Waals surface area contributed by atoms with Crippen LogP contribution in [0.4, 0.5) is 4.79 Å². The molecule has 7 heteroatoms. The molecule has 1 aliphatic rings. The fourth-order valence-electron chi connectivity index (χ4n) is 0.952. The van der Waals surface area contributed by atoms with Crippen molar-refractivity contribution in [2.75, 3.05) is 13.1 Å². The molecular weight excluding hydrogens is 226 g/mol. The third-order valence-electron chi connectivity index (χ3n) is 1.39. The van der Waals surface area contributed by atoms with E-state index in [4.69, 9.17) is 5.11 Å². The number of halogens is 3. The number of amides is 1. The molecule has 0 saturated carbocycles. The van der Waals surface area contributed by atoms with Crippen molar-refractivity contribution in [3.63, 3.8) is 0 Å². The molecule has 1 fully saturated rings. The normalized spacial score (nSPS) is 19.5. The first kappa shape index (κ1) is 18.0. The first-order valence-corrected chi connectivity index (χ1v) is 2.99. The lowest BCUT2D eigenvalue weighted by atomic mass is 10.3. The Morgan fingerprint density at radius 2 is 2.00 bits per heavy atom. The number of rotatable bonds is 1. The summed E-state index contributed by atoms with van der Waals surface area (Å²) in [5, 5.41) is 13.7. The number of carbonyl (C=O) groups is 1. The predicted octanol–water partition coefficient (Wildman–Crippen LogP) is 0.881. The molecule has 1 saturated heterocycles. The van der Waals surface area contributed by atoms with Gasteiger partial charge in [0.05, 0.1) is 0 Å². The van der Waals surface area contributed by atoms with Crippen LogP contribution in [0.2, 0.25) is 0 Å². The average Bonchev–Trinajstić information content (AvgIpc) is 2.15. The van der Waals surface area contributed by atoms with Crippen LogP contribution in [0.5, 0.6) is 0 Å². The molecule has 0 spiro atoms. The van der Waals surface area contributed by atoms with Crippen LogP contribution in [0.3, 0.4) is 0 Å². The Morgan fingerprint density at radius 1 is 1.42 bits per heavy atom. The van der Waals surface area contributed by atoms with Crippen molar-refractivity contribution in [3.8, 4) is 0 Å². The summed E-state index contributed by atoms with van der Waals surface area (Å²) in [7, 11) is 0. The monoisotopic (exact) mass is 238 g/mol. The standard InChI is InChI=1S/C5H10N2O2.3ClH/c8-5(9)7-4-1-2-6-3-4;;;/h4,6-7H,1-3H2,(H,8,9);3*1H. The second kappa shape index (κ2) is 9.19. The topological polar surface area (TPSA) is 61.4 Å². The molecule has 1 atom stereocenters. The summed E-state index contributed by atoms with van der Waals surface area (Å²) in [5.74, 6) is 0. The molecule has 0 aliphatic carbocycles. The Hall–Kier alpha value is 0.1000.